The predicted molar refractivity (Wildman–Crippen MR) is 123 cm³/mol. The van der Waals surface area contributed by atoms with Crippen LogP contribution in [0.2, 0.25) is 5.02 Å². The summed E-state index contributed by atoms with van der Waals surface area (Å²) in [4.78, 5) is 53.4. The molecule has 3 aliphatic rings. The number of hydrogen-bond donors (Lipinski definition) is 3. The van der Waals surface area contributed by atoms with Gasteiger partial charge < -0.3 is 15.8 Å². The van der Waals surface area contributed by atoms with Crippen molar-refractivity contribution in [3.05, 3.63) is 58.6 Å². The Morgan fingerprint density at radius 3 is 2.56 bits per heavy atom. The zero-order chi connectivity index (χ0) is 24.2. The molecule has 0 unspecified atom stereocenters. The maximum Gasteiger partial charge on any atom is 0.250 e. The fraction of sp³-hybridized carbons (Fsp3) is 0.333. The number of primary amides is 1. The number of nitrogens with zero attached hydrogens (tertiary/aromatic N) is 1. The number of carbonyl (C=O) groups is 4. The number of amides is 4. The molecule has 0 aliphatic carbocycles. The van der Waals surface area contributed by atoms with E-state index in [1.165, 1.54) is 4.90 Å². The number of halogens is 1. The third kappa shape index (κ3) is 3.26. The molecule has 0 bridgehead atoms. The number of rotatable bonds is 6. The Bertz CT molecular complexity index is 1220. The van der Waals surface area contributed by atoms with E-state index < -0.39 is 41.1 Å². The van der Waals surface area contributed by atoms with E-state index in [1.54, 1.807) is 49.6 Å². The Morgan fingerprint density at radius 2 is 1.88 bits per heavy atom. The van der Waals surface area contributed by atoms with Crippen LogP contribution < -0.4 is 21.1 Å². The fourth-order valence-electron chi connectivity index (χ4n) is 5.45. The van der Waals surface area contributed by atoms with Gasteiger partial charge in [-0.2, -0.15) is 0 Å². The molecule has 9 nitrogen and oxygen atoms in total. The molecule has 0 aromatic heterocycles. The van der Waals surface area contributed by atoms with Crippen LogP contribution in [0.25, 0.3) is 0 Å². The molecule has 34 heavy (non-hydrogen) atoms. The van der Waals surface area contributed by atoms with Crippen molar-refractivity contribution in [3.63, 3.8) is 0 Å². The standard InChI is InChI=1S/C24H23ClN4O5/c1-34-14-5-2-12(3-6-14)11-29-21(31)19-17(8-9-18(26)30)28-24(20(19)22(29)32)15-10-13(25)4-7-16(15)27-23(24)33/h2-7,10,17,19-20,28H,8-9,11H2,1H3,(H2,26,30)(H,27,33)/t17-,19-,20+,24-/m1/s1. The topological polar surface area (TPSA) is 131 Å². The van der Waals surface area contributed by atoms with Gasteiger partial charge in [-0.05, 0) is 42.3 Å². The number of anilines is 1. The molecule has 5 rings (SSSR count). The van der Waals surface area contributed by atoms with Crippen LogP contribution in [0.15, 0.2) is 42.5 Å². The number of benzene rings is 2. The van der Waals surface area contributed by atoms with E-state index in [-0.39, 0.29) is 25.3 Å². The Kier molecular flexibility index (Phi) is 5.33. The molecule has 0 radical (unpaired) electrons. The van der Waals surface area contributed by atoms with E-state index >= 15 is 0 Å². The number of fused-ring (bicyclic) bond motifs is 4. The van der Waals surface area contributed by atoms with Gasteiger partial charge in [-0.1, -0.05) is 23.7 Å². The van der Waals surface area contributed by atoms with Gasteiger partial charge in [0, 0.05) is 28.7 Å². The zero-order valence-corrected chi connectivity index (χ0v) is 19.1. The van der Waals surface area contributed by atoms with Crippen LogP contribution in [-0.2, 0) is 31.3 Å². The van der Waals surface area contributed by atoms with E-state index in [9.17, 15) is 19.2 Å². The highest BCUT2D eigenvalue weighted by atomic mass is 35.5. The highest BCUT2D eigenvalue weighted by molar-refractivity contribution is 6.31. The summed E-state index contributed by atoms with van der Waals surface area (Å²) in [5.74, 6) is -2.91. The first-order valence-electron chi connectivity index (χ1n) is 10.9. The number of likely N-dealkylation sites (tertiary alicyclic amines) is 1. The first-order valence-corrected chi connectivity index (χ1v) is 11.3. The van der Waals surface area contributed by atoms with Gasteiger partial charge in [0.25, 0.3) is 0 Å². The number of nitrogens with one attached hydrogen (secondary N) is 2. The lowest BCUT2D eigenvalue weighted by Gasteiger charge is -2.29. The van der Waals surface area contributed by atoms with E-state index in [1.807, 2.05) is 0 Å². The van der Waals surface area contributed by atoms with Crippen molar-refractivity contribution >= 4 is 40.9 Å². The molecular weight excluding hydrogens is 460 g/mol. The highest BCUT2D eigenvalue weighted by Gasteiger charge is 2.70. The summed E-state index contributed by atoms with van der Waals surface area (Å²) in [6.45, 7) is 0.0668. The number of hydrogen-bond acceptors (Lipinski definition) is 6. The van der Waals surface area contributed by atoms with Gasteiger partial charge in [0.15, 0.2) is 0 Å². The van der Waals surface area contributed by atoms with Crippen LogP contribution in [0.5, 0.6) is 5.75 Å². The Labute approximate surface area is 200 Å². The van der Waals surface area contributed by atoms with Gasteiger partial charge in [0.1, 0.15) is 11.3 Å². The van der Waals surface area contributed by atoms with E-state index in [0.29, 0.717) is 22.0 Å². The molecule has 2 aromatic carbocycles. The number of ether oxygens (including phenoxy) is 1. The number of methoxy groups -OCH3 is 1. The maximum atomic E-state index is 13.7. The minimum atomic E-state index is -1.46. The summed E-state index contributed by atoms with van der Waals surface area (Å²) in [7, 11) is 1.55. The van der Waals surface area contributed by atoms with Gasteiger partial charge in [0.2, 0.25) is 23.6 Å². The van der Waals surface area contributed by atoms with Crippen molar-refractivity contribution < 1.29 is 23.9 Å². The summed E-state index contributed by atoms with van der Waals surface area (Å²) >= 11 is 6.24. The average Bonchev–Trinajstić information content (AvgIpc) is 3.39. The molecule has 4 atom stereocenters. The molecule has 0 saturated carbocycles. The lowest BCUT2D eigenvalue weighted by atomic mass is 9.76. The van der Waals surface area contributed by atoms with E-state index in [2.05, 4.69) is 10.6 Å². The summed E-state index contributed by atoms with van der Waals surface area (Å²) in [6, 6.07) is 11.4. The summed E-state index contributed by atoms with van der Waals surface area (Å²) in [6.07, 6.45) is 0.234. The second-order valence-electron chi connectivity index (χ2n) is 8.82. The molecule has 2 aromatic rings. The first-order chi connectivity index (χ1) is 16.3. The average molecular weight is 483 g/mol. The highest BCUT2D eigenvalue weighted by Crippen LogP contribution is 2.54. The second kappa shape index (κ2) is 8.11. The third-order valence-electron chi connectivity index (χ3n) is 6.97. The quantitative estimate of drug-likeness (QED) is 0.535. The SMILES string of the molecule is COc1ccc(CN2C(=O)[C@H]3[C@@H](C2=O)[C@@]2(N[C@@H]3CCC(N)=O)C(=O)Nc3ccc(Cl)cc32)cc1. The van der Waals surface area contributed by atoms with E-state index in [4.69, 9.17) is 22.1 Å². The molecular formula is C24H23ClN4O5. The summed E-state index contributed by atoms with van der Waals surface area (Å²) in [5, 5.41) is 6.48. The molecule has 3 heterocycles. The van der Waals surface area contributed by atoms with Gasteiger partial charge in [-0.3, -0.25) is 29.4 Å². The molecule has 10 heteroatoms. The largest absolute Gasteiger partial charge is 0.497 e. The number of carbonyl (C=O) groups excluding carboxylic acids is 4. The van der Waals surface area contributed by atoms with Gasteiger partial charge in [0.05, 0.1) is 25.5 Å². The van der Waals surface area contributed by atoms with Crippen molar-refractivity contribution in [2.24, 2.45) is 17.6 Å². The molecule has 4 N–H and O–H groups in total. The minimum Gasteiger partial charge on any atom is -0.497 e. The summed E-state index contributed by atoms with van der Waals surface area (Å²) in [5.41, 5.74) is 5.69. The lowest BCUT2D eigenvalue weighted by molar-refractivity contribution is -0.143. The van der Waals surface area contributed by atoms with Crippen molar-refractivity contribution in [1.82, 2.24) is 10.2 Å². The third-order valence-corrected chi connectivity index (χ3v) is 7.20. The van der Waals surface area contributed by atoms with Crippen molar-refractivity contribution in [1.29, 1.82) is 0 Å². The molecule has 176 valence electrons. The van der Waals surface area contributed by atoms with Gasteiger partial charge in [-0.15, -0.1) is 0 Å². The summed E-state index contributed by atoms with van der Waals surface area (Å²) < 4.78 is 5.17. The molecule has 1 spiro atoms. The fourth-order valence-corrected chi connectivity index (χ4v) is 5.62. The van der Waals surface area contributed by atoms with Crippen LogP contribution in [0.4, 0.5) is 5.69 Å². The van der Waals surface area contributed by atoms with Crippen molar-refractivity contribution in [2.45, 2.75) is 31.0 Å². The molecule has 2 saturated heterocycles. The van der Waals surface area contributed by atoms with Crippen LogP contribution >= 0.6 is 11.6 Å². The lowest BCUT2D eigenvalue weighted by Crippen LogP contribution is -2.53. The molecule has 2 fully saturated rings. The van der Waals surface area contributed by atoms with Crippen LogP contribution in [0.3, 0.4) is 0 Å². The normalized spacial score (nSPS) is 27.2. The Balaban J connectivity index is 1.56. The van der Waals surface area contributed by atoms with Crippen LogP contribution in [0.1, 0.15) is 24.0 Å². The zero-order valence-electron chi connectivity index (χ0n) is 18.3. The molecule has 3 aliphatic heterocycles. The first kappa shape index (κ1) is 22.4. The van der Waals surface area contributed by atoms with Crippen molar-refractivity contribution in [3.8, 4) is 5.75 Å². The number of imide groups is 1. The van der Waals surface area contributed by atoms with Crippen molar-refractivity contribution in [2.75, 3.05) is 12.4 Å². The number of nitrogens with two attached hydrogens (primary N) is 1. The second-order valence-corrected chi connectivity index (χ2v) is 9.26. The smallest absolute Gasteiger partial charge is 0.250 e. The predicted octanol–water partition coefficient (Wildman–Crippen LogP) is 1.53. The molecule has 4 amide bonds. The maximum absolute atomic E-state index is 13.7. The van der Waals surface area contributed by atoms with Crippen LogP contribution in [-0.4, -0.2) is 41.7 Å². The Morgan fingerprint density at radius 1 is 1.15 bits per heavy atom. The van der Waals surface area contributed by atoms with E-state index in [0.717, 1.165) is 5.56 Å². The van der Waals surface area contributed by atoms with Crippen LogP contribution in [0, 0.1) is 11.8 Å². The minimum absolute atomic E-state index is 0.0148. The Hall–Kier alpha value is -3.43. The van der Waals surface area contributed by atoms with Gasteiger partial charge >= 0.3 is 0 Å². The monoisotopic (exact) mass is 482 g/mol. The van der Waals surface area contributed by atoms with Gasteiger partial charge in [-0.25, -0.2) is 0 Å².